The number of methoxy groups -OCH3 is 1. The molecule has 0 amide bonds. The first kappa shape index (κ1) is 29.2. The van der Waals surface area contributed by atoms with Gasteiger partial charge in [0, 0.05) is 7.11 Å². The maximum Gasteiger partial charge on any atom is 3.00 e. The summed E-state index contributed by atoms with van der Waals surface area (Å²) in [5.41, 5.74) is 0. The molecule has 0 aliphatic heterocycles. The predicted octanol–water partition coefficient (Wildman–Crippen LogP) is -7.22. The van der Waals surface area contributed by atoms with Crippen molar-refractivity contribution in [1.29, 1.82) is 0 Å². The van der Waals surface area contributed by atoms with E-state index in [1.165, 1.54) is 0 Å². The number of rotatable bonds is 1. The number of allylic oxidation sites excluding steroid dienone is 4. The zero-order chi connectivity index (χ0) is 6.95. The second-order valence-corrected chi connectivity index (χ2v) is 1.50. The molecule has 5 heteroatoms. The molecule has 0 bridgehead atoms. The number of ether oxygens (including phenoxy) is 1. The third-order valence-electron chi connectivity index (χ3n) is 0.790. The number of hydrogen-bond acceptors (Lipinski definition) is 1. The van der Waals surface area contributed by atoms with E-state index in [0.717, 1.165) is 6.42 Å². The van der Waals surface area contributed by atoms with Crippen LogP contribution >= 0.6 is 0 Å². The standard InChI is InChI=1S/C5H5.C3H7O.3ClH.Ti/c1-2-4-5-3-1;1-3-4-2;;;;/h1-3H,4H2;1,3H2,2H3;3*1H;/q2*-1;;;;+3/p-3. The molecule has 0 aromatic heterocycles. The average molecular weight is 278 g/mol. The smallest absolute Gasteiger partial charge is 1.00 e. The molecule has 0 saturated carbocycles. The summed E-state index contributed by atoms with van der Waals surface area (Å²) >= 11 is 0. The Hall–Kier alpha value is 1.02. The zero-order valence-corrected chi connectivity index (χ0v) is 11.2. The van der Waals surface area contributed by atoms with E-state index >= 15 is 0 Å². The van der Waals surface area contributed by atoms with E-state index in [1.54, 1.807) is 7.11 Å². The Morgan fingerprint density at radius 2 is 1.85 bits per heavy atom. The SMILES string of the molecule is [C-]1=CC=CC1.[CH2-]COC.[Cl-].[Cl-].[Cl-].[Ti+3]. The first-order valence-electron chi connectivity index (χ1n) is 2.91. The predicted molar refractivity (Wildman–Crippen MR) is 38.8 cm³/mol. The van der Waals surface area contributed by atoms with Crippen molar-refractivity contribution in [3.8, 4) is 0 Å². The molecule has 0 unspecified atom stereocenters. The van der Waals surface area contributed by atoms with E-state index in [-0.39, 0.29) is 58.9 Å². The molecule has 0 saturated heterocycles. The molecule has 0 heterocycles. The van der Waals surface area contributed by atoms with Gasteiger partial charge in [-0.25, -0.2) is 12.2 Å². The van der Waals surface area contributed by atoms with Crippen LogP contribution in [0, 0.1) is 13.0 Å². The van der Waals surface area contributed by atoms with Crippen LogP contribution in [0.1, 0.15) is 6.42 Å². The Balaban J connectivity index is -0.0000000256. The fourth-order valence-electron chi connectivity index (χ4n) is 0.340. The van der Waals surface area contributed by atoms with Crippen molar-refractivity contribution in [2.24, 2.45) is 0 Å². The van der Waals surface area contributed by atoms with E-state index in [4.69, 9.17) is 0 Å². The molecule has 77 valence electrons. The topological polar surface area (TPSA) is 9.23 Å². The van der Waals surface area contributed by atoms with Crippen LogP contribution in [0.3, 0.4) is 0 Å². The second kappa shape index (κ2) is 29.2. The van der Waals surface area contributed by atoms with Crippen LogP contribution in [-0.4, -0.2) is 13.7 Å². The molecule has 13 heavy (non-hydrogen) atoms. The monoisotopic (exact) mass is 277 g/mol. The third-order valence-corrected chi connectivity index (χ3v) is 0.790. The fourth-order valence-corrected chi connectivity index (χ4v) is 0.340. The summed E-state index contributed by atoms with van der Waals surface area (Å²) < 4.78 is 4.43. The maximum absolute atomic E-state index is 4.43. The van der Waals surface area contributed by atoms with Gasteiger partial charge < -0.3 is 48.9 Å². The van der Waals surface area contributed by atoms with Crippen molar-refractivity contribution >= 4 is 0 Å². The summed E-state index contributed by atoms with van der Waals surface area (Å²) in [6.07, 6.45) is 10.0. The summed E-state index contributed by atoms with van der Waals surface area (Å²) in [4.78, 5) is 0. The molecule has 0 spiro atoms. The molecule has 1 nitrogen and oxygen atoms in total. The first-order chi connectivity index (χ1) is 4.41. The molecule has 0 atom stereocenters. The van der Waals surface area contributed by atoms with Gasteiger partial charge in [0.05, 0.1) is 0 Å². The third kappa shape index (κ3) is 32.1. The van der Waals surface area contributed by atoms with Gasteiger partial charge in [0.25, 0.3) is 0 Å². The summed E-state index contributed by atoms with van der Waals surface area (Å²) in [5, 5.41) is 0. The molecule has 0 aromatic carbocycles. The van der Waals surface area contributed by atoms with Crippen LogP contribution in [0.2, 0.25) is 0 Å². The molecular weight excluding hydrogens is 266 g/mol. The molecule has 0 N–H and O–H groups in total. The van der Waals surface area contributed by atoms with Gasteiger partial charge in [-0.3, -0.25) is 6.08 Å². The van der Waals surface area contributed by atoms with E-state index in [1.807, 2.05) is 12.2 Å². The molecule has 1 rings (SSSR count). The van der Waals surface area contributed by atoms with Crippen LogP contribution in [0.25, 0.3) is 0 Å². The summed E-state index contributed by atoms with van der Waals surface area (Å²) in [5.74, 6) is 0. The van der Waals surface area contributed by atoms with Crippen molar-refractivity contribution in [3.05, 3.63) is 31.2 Å². The first-order valence-corrected chi connectivity index (χ1v) is 2.91. The van der Waals surface area contributed by atoms with Gasteiger partial charge in [-0.15, -0.1) is 6.42 Å². The molecular formula is C8H12Cl3OTi-2. The fraction of sp³-hybridized carbons (Fsp3) is 0.375. The van der Waals surface area contributed by atoms with Crippen LogP contribution in [0.15, 0.2) is 18.2 Å². The van der Waals surface area contributed by atoms with Crippen molar-refractivity contribution in [2.75, 3.05) is 13.7 Å². The molecule has 1 aliphatic rings. The normalized spacial score (nSPS) is 9.08. The summed E-state index contributed by atoms with van der Waals surface area (Å²) in [6, 6.07) is 0. The van der Waals surface area contributed by atoms with Gasteiger partial charge in [0.15, 0.2) is 0 Å². The number of halogens is 3. The maximum atomic E-state index is 4.43. The molecule has 0 fully saturated rings. The summed E-state index contributed by atoms with van der Waals surface area (Å²) in [6.45, 7) is 3.95. The van der Waals surface area contributed by atoms with Crippen molar-refractivity contribution in [3.63, 3.8) is 0 Å². The van der Waals surface area contributed by atoms with E-state index in [2.05, 4.69) is 23.8 Å². The van der Waals surface area contributed by atoms with E-state index < -0.39 is 0 Å². The van der Waals surface area contributed by atoms with Crippen LogP contribution in [0.5, 0.6) is 0 Å². The minimum Gasteiger partial charge on any atom is -1.00 e. The molecule has 1 aliphatic carbocycles. The Kier molecular flexibility index (Phi) is 65.7. The van der Waals surface area contributed by atoms with Gasteiger partial charge in [-0.05, 0) is 0 Å². The van der Waals surface area contributed by atoms with Crippen LogP contribution in [-0.2, 0) is 26.5 Å². The minimum atomic E-state index is 0. The molecule has 0 aromatic rings. The van der Waals surface area contributed by atoms with Crippen molar-refractivity contribution < 1.29 is 63.7 Å². The van der Waals surface area contributed by atoms with Gasteiger partial charge >= 0.3 is 21.7 Å². The van der Waals surface area contributed by atoms with Gasteiger partial charge in [0.2, 0.25) is 0 Å². The van der Waals surface area contributed by atoms with Gasteiger partial charge in [0.1, 0.15) is 0 Å². The largest absolute Gasteiger partial charge is 3.00 e. The van der Waals surface area contributed by atoms with Crippen LogP contribution < -0.4 is 37.2 Å². The summed E-state index contributed by atoms with van der Waals surface area (Å²) in [7, 11) is 1.62. The molecule has 1 radical (unpaired) electrons. The van der Waals surface area contributed by atoms with Crippen molar-refractivity contribution in [1.82, 2.24) is 0 Å². The van der Waals surface area contributed by atoms with Gasteiger partial charge in [-0.1, -0.05) is 6.61 Å². The van der Waals surface area contributed by atoms with E-state index in [9.17, 15) is 0 Å². The van der Waals surface area contributed by atoms with E-state index in [0.29, 0.717) is 6.61 Å². The second-order valence-electron chi connectivity index (χ2n) is 1.50. The Morgan fingerprint density at radius 1 is 1.38 bits per heavy atom. The average Bonchev–Trinajstić information content (AvgIpc) is 2.43. The van der Waals surface area contributed by atoms with Crippen LogP contribution in [0.4, 0.5) is 0 Å². The van der Waals surface area contributed by atoms with Crippen molar-refractivity contribution in [2.45, 2.75) is 6.42 Å². The Labute approximate surface area is 114 Å². The minimum absolute atomic E-state index is 0. The van der Waals surface area contributed by atoms with Gasteiger partial charge in [-0.2, -0.15) is 6.08 Å². The number of hydrogen-bond donors (Lipinski definition) is 0. The zero-order valence-electron chi connectivity index (χ0n) is 7.40. The Morgan fingerprint density at radius 3 is 1.92 bits per heavy atom. The quantitative estimate of drug-likeness (QED) is 0.342. The Bertz CT molecular complexity index is 95.6.